The van der Waals surface area contributed by atoms with Crippen LogP contribution >= 0.6 is 0 Å². The summed E-state index contributed by atoms with van der Waals surface area (Å²) in [5, 5.41) is 7.28. The zero-order valence-electron chi connectivity index (χ0n) is 16.2. The molecule has 0 fully saturated rings. The fraction of sp³-hybridized carbons (Fsp3) is 0.217. The molecule has 0 aliphatic carbocycles. The fourth-order valence-electron chi connectivity index (χ4n) is 3.86. The topological polar surface area (TPSA) is 58.6 Å². The summed E-state index contributed by atoms with van der Waals surface area (Å²) >= 11 is 0. The van der Waals surface area contributed by atoms with Crippen molar-refractivity contribution in [3.63, 3.8) is 0 Å². The number of rotatable bonds is 3. The second kappa shape index (κ2) is 7.00. The van der Waals surface area contributed by atoms with Crippen LogP contribution in [0.15, 0.2) is 65.9 Å². The van der Waals surface area contributed by atoms with Crippen molar-refractivity contribution in [2.75, 3.05) is 13.7 Å². The average Bonchev–Trinajstić information content (AvgIpc) is 2.71. The van der Waals surface area contributed by atoms with Crippen LogP contribution in [0.5, 0.6) is 0 Å². The van der Waals surface area contributed by atoms with Crippen LogP contribution in [0.1, 0.15) is 25.5 Å². The predicted molar refractivity (Wildman–Crippen MR) is 110 cm³/mol. The van der Waals surface area contributed by atoms with E-state index in [9.17, 15) is 9.59 Å². The molecule has 1 aliphatic heterocycles. The zero-order valence-corrected chi connectivity index (χ0v) is 16.2. The number of esters is 1. The number of urea groups is 1. The van der Waals surface area contributed by atoms with Gasteiger partial charge in [0.25, 0.3) is 0 Å². The number of hydrogen-bond acceptors (Lipinski definition) is 3. The van der Waals surface area contributed by atoms with Crippen LogP contribution in [0.2, 0.25) is 0 Å². The number of carbonyl (C=O) groups excluding carboxylic acids is 2. The number of amides is 2. The molecular weight excluding hydrogens is 352 g/mol. The summed E-state index contributed by atoms with van der Waals surface area (Å²) < 4.78 is 5.31. The van der Waals surface area contributed by atoms with E-state index in [0.717, 1.165) is 27.1 Å². The Morgan fingerprint density at radius 2 is 1.71 bits per heavy atom. The van der Waals surface area contributed by atoms with E-state index in [1.807, 2.05) is 36.4 Å². The number of nitrogens with zero attached hydrogens (tertiary/aromatic N) is 1. The Kier molecular flexibility index (Phi) is 4.51. The average molecular weight is 374 g/mol. The van der Waals surface area contributed by atoms with E-state index in [4.69, 9.17) is 4.74 Å². The number of benzene rings is 3. The lowest BCUT2D eigenvalue weighted by Crippen LogP contribution is -2.46. The minimum absolute atomic E-state index is 0.243. The number of carbonyl (C=O) groups is 2. The standard InChI is InChI=1S/C23H22N2O3/c1-4-28-22(26)20-14(2)25(3)23(27)24-21(20)19-13-15-9-5-6-10-16(15)17-11-7-8-12-18(17)19/h5-13,21H,4H2,1-3H3,(H,24,27)/t21-/m1/s1. The van der Waals surface area contributed by atoms with Gasteiger partial charge in [-0.25, -0.2) is 9.59 Å². The van der Waals surface area contributed by atoms with Crippen LogP contribution in [-0.2, 0) is 9.53 Å². The van der Waals surface area contributed by atoms with Gasteiger partial charge in [-0.1, -0.05) is 48.5 Å². The van der Waals surface area contributed by atoms with E-state index in [2.05, 4.69) is 23.5 Å². The molecule has 3 aromatic rings. The van der Waals surface area contributed by atoms with Gasteiger partial charge < -0.3 is 15.0 Å². The Morgan fingerprint density at radius 1 is 1.07 bits per heavy atom. The van der Waals surface area contributed by atoms with Gasteiger partial charge in [0.1, 0.15) is 0 Å². The molecule has 3 aromatic carbocycles. The van der Waals surface area contributed by atoms with Crippen molar-refractivity contribution in [1.82, 2.24) is 10.2 Å². The molecule has 0 spiro atoms. The van der Waals surface area contributed by atoms with E-state index in [1.165, 1.54) is 4.90 Å². The molecule has 1 aliphatic rings. The van der Waals surface area contributed by atoms with Crippen molar-refractivity contribution in [3.05, 3.63) is 71.4 Å². The molecule has 2 amide bonds. The van der Waals surface area contributed by atoms with Crippen molar-refractivity contribution in [2.45, 2.75) is 19.9 Å². The second-order valence-electron chi connectivity index (χ2n) is 6.89. The first-order valence-electron chi connectivity index (χ1n) is 9.35. The smallest absolute Gasteiger partial charge is 0.338 e. The quantitative estimate of drug-likeness (QED) is 0.541. The van der Waals surface area contributed by atoms with E-state index in [0.29, 0.717) is 11.3 Å². The summed E-state index contributed by atoms with van der Waals surface area (Å²) in [4.78, 5) is 26.8. The first-order chi connectivity index (χ1) is 13.5. The van der Waals surface area contributed by atoms with Crippen molar-refractivity contribution < 1.29 is 14.3 Å². The molecule has 4 rings (SSSR count). The molecule has 0 saturated carbocycles. The third-order valence-corrected chi connectivity index (χ3v) is 5.36. The van der Waals surface area contributed by atoms with E-state index in [-0.39, 0.29) is 12.6 Å². The molecule has 28 heavy (non-hydrogen) atoms. The van der Waals surface area contributed by atoms with Gasteiger partial charge in [0, 0.05) is 12.7 Å². The first kappa shape index (κ1) is 18.0. The largest absolute Gasteiger partial charge is 0.463 e. The number of ether oxygens (including phenoxy) is 1. The molecular formula is C23H22N2O3. The Bertz CT molecular complexity index is 1130. The summed E-state index contributed by atoms with van der Waals surface area (Å²) in [6.45, 7) is 3.83. The Morgan fingerprint density at radius 3 is 2.43 bits per heavy atom. The lowest BCUT2D eigenvalue weighted by molar-refractivity contribution is -0.139. The van der Waals surface area contributed by atoms with Gasteiger partial charge in [-0.05, 0) is 47.0 Å². The molecule has 0 radical (unpaired) electrons. The normalized spacial score (nSPS) is 17.2. The lowest BCUT2D eigenvalue weighted by atomic mass is 9.88. The highest BCUT2D eigenvalue weighted by molar-refractivity contribution is 6.10. The van der Waals surface area contributed by atoms with Crippen LogP contribution in [0.25, 0.3) is 21.5 Å². The monoisotopic (exact) mass is 374 g/mol. The van der Waals surface area contributed by atoms with Crippen molar-refractivity contribution >= 4 is 33.5 Å². The number of allylic oxidation sites excluding steroid dienone is 1. The molecule has 0 saturated heterocycles. The van der Waals surface area contributed by atoms with Gasteiger partial charge >= 0.3 is 12.0 Å². The number of hydrogen-bond donors (Lipinski definition) is 1. The molecule has 1 atom stereocenters. The highest BCUT2D eigenvalue weighted by Crippen LogP contribution is 2.37. The number of nitrogens with one attached hydrogen (secondary N) is 1. The summed E-state index contributed by atoms with van der Waals surface area (Å²) in [7, 11) is 1.65. The van der Waals surface area contributed by atoms with E-state index in [1.54, 1.807) is 20.9 Å². The summed E-state index contributed by atoms with van der Waals surface area (Å²) in [5.74, 6) is -0.408. The second-order valence-corrected chi connectivity index (χ2v) is 6.89. The molecule has 0 aromatic heterocycles. The third-order valence-electron chi connectivity index (χ3n) is 5.36. The summed E-state index contributed by atoms with van der Waals surface area (Å²) in [5.41, 5.74) is 1.95. The first-order valence-corrected chi connectivity index (χ1v) is 9.35. The fourth-order valence-corrected chi connectivity index (χ4v) is 3.86. The van der Waals surface area contributed by atoms with Gasteiger partial charge in [-0.3, -0.25) is 0 Å². The van der Waals surface area contributed by atoms with Gasteiger partial charge in [0.15, 0.2) is 0 Å². The van der Waals surface area contributed by atoms with Gasteiger partial charge in [-0.15, -0.1) is 0 Å². The van der Waals surface area contributed by atoms with Gasteiger partial charge in [0.05, 0.1) is 18.2 Å². The minimum atomic E-state index is -0.572. The highest BCUT2D eigenvalue weighted by Gasteiger charge is 2.35. The molecule has 5 nitrogen and oxygen atoms in total. The zero-order chi connectivity index (χ0) is 19.8. The lowest BCUT2D eigenvalue weighted by Gasteiger charge is -2.34. The Balaban J connectivity index is 2.01. The summed E-state index contributed by atoms with van der Waals surface area (Å²) in [6, 6.07) is 17.4. The van der Waals surface area contributed by atoms with Crippen LogP contribution in [0.4, 0.5) is 4.79 Å². The molecule has 1 N–H and O–H groups in total. The SMILES string of the molecule is CCOC(=O)C1=C(C)N(C)C(=O)N[C@@H]1c1cc2ccccc2c2ccccc12. The van der Waals surface area contributed by atoms with Crippen LogP contribution in [-0.4, -0.2) is 30.6 Å². The van der Waals surface area contributed by atoms with Crippen LogP contribution < -0.4 is 5.32 Å². The highest BCUT2D eigenvalue weighted by atomic mass is 16.5. The third kappa shape index (κ3) is 2.80. The van der Waals surface area contributed by atoms with E-state index < -0.39 is 12.0 Å². The molecule has 0 bridgehead atoms. The summed E-state index contributed by atoms with van der Waals surface area (Å²) in [6.07, 6.45) is 0. The predicted octanol–water partition coefficient (Wildman–Crippen LogP) is 4.53. The van der Waals surface area contributed by atoms with Crippen molar-refractivity contribution in [3.8, 4) is 0 Å². The Labute approximate surface area is 163 Å². The van der Waals surface area contributed by atoms with Crippen LogP contribution in [0, 0.1) is 0 Å². The maximum Gasteiger partial charge on any atom is 0.338 e. The van der Waals surface area contributed by atoms with Gasteiger partial charge in [0.2, 0.25) is 0 Å². The molecule has 5 heteroatoms. The maximum atomic E-state index is 12.8. The number of fused-ring (bicyclic) bond motifs is 3. The molecule has 142 valence electrons. The van der Waals surface area contributed by atoms with Crippen molar-refractivity contribution in [2.24, 2.45) is 0 Å². The molecule has 1 heterocycles. The Hall–Kier alpha value is -3.34. The minimum Gasteiger partial charge on any atom is -0.463 e. The van der Waals surface area contributed by atoms with Gasteiger partial charge in [-0.2, -0.15) is 0 Å². The van der Waals surface area contributed by atoms with E-state index >= 15 is 0 Å². The maximum absolute atomic E-state index is 12.8. The van der Waals surface area contributed by atoms with Crippen molar-refractivity contribution in [1.29, 1.82) is 0 Å². The molecule has 0 unspecified atom stereocenters. The van der Waals surface area contributed by atoms with Crippen LogP contribution in [0.3, 0.4) is 0 Å².